The number of alkyl halides is 3. The van der Waals surface area contributed by atoms with Gasteiger partial charge in [-0.1, -0.05) is 35.9 Å². The zero-order valence-corrected chi connectivity index (χ0v) is 14.6. The van der Waals surface area contributed by atoms with E-state index in [1.165, 1.54) is 6.07 Å². The average Bonchev–Trinajstić information content (AvgIpc) is 2.59. The lowest BCUT2D eigenvalue weighted by Crippen LogP contribution is -2.26. The molecule has 0 aliphatic carbocycles. The summed E-state index contributed by atoms with van der Waals surface area (Å²) in [4.78, 5) is 0. The molecule has 0 heterocycles. The molecule has 3 nitrogen and oxygen atoms in total. The minimum Gasteiger partial charge on any atom is -0.491 e. The second-order valence-corrected chi connectivity index (χ2v) is 6.05. The van der Waals surface area contributed by atoms with Gasteiger partial charge in [0.1, 0.15) is 18.5 Å². The molecule has 0 fully saturated rings. The van der Waals surface area contributed by atoms with Crippen LogP contribution >= 0.6 is 11.6 Å². The number of hydrogen-bond donors (Lipinski definition) is 2. The molecule has 0 radical (unpaired) electrons. The first-order valence-electron chi connectivity index (χ1n) is 7.91. The summed E-state index contributed by atoms with van der Waals surface area (Å²) < 4.78 is 43.9. The third-order valence-corrected chi connectivity index (χ3v) is 3.92. The zero-order valence-electron chi connectivity index (χ0n) is 13.9. The number of benzene rings is 2. The van der Waals surface area contributed by atoms with Crippen molar-refractivity contribution in [2.24, 2.45) is 0 Å². The Bertz CT molecular complexity index is 750. The Morgan fingerprint density at radius 3 is 2.65 bits per heavy atom. The van der Waals surface area contributed by atoms with E-state index in [0.717, 1.165) is 17.7 Å². The normalized spacial score (nSPS) is 12.5. The van der Waals surface area contributed by atoms with Gasteiger partial charge in [0, 0.05) is 6.54 Å². The molecule has 0 aliphatic heterocycles. The number of halogens is 4. The minimum absolute atomic E-state index is 0.00927. The Labute approximate surface area is 155 Å². The molecule has 2 rings (SSSR count). The van der Waals surface area contributed by atoms with Gasteiger partial charge in [-0.3, -0.25) is 0 Å². The SMILES string of the molecule is C=CCc1ccccc1OCC(O)CNc1cc(C(F)(F)F)ccc1Cl. The average molecular weight is 386 g/mol. The maximum absolute atomic E-state index is 12.8. The Morgan fingerprint density at radius 1 is 1.23 bits per heavy atom. The van der Waals surface area contributed by atoms with E-state index < -0.39 is 17.8 Å². The number of rotatable bonds is 8. The Balaban J connectivity index is 1.93. The molecular weight excluding hydrogens is 367 g/mol. The van der Waals surface area contributed by atoms with E-state index in [4.69, 9.17) is 16.3 Å². The molecular formula is C19H19ClF3NO2. The van der Waals surface area contributed by atoms with Crippen LogP contribution in [0.25, 0.3) is 0 Å². The molecule has 26 heavy (non-hydrogen) atoms. The Kier molecular flexibility index (Phi) is 6.94. The summed E-state index contributed by atoms with van der Waals surface area (Å²) in [5.74, 6) is 0.628. The van der Waals surface area contributed by atoms with E-state index in [0.29, 0.717) is 12.2 Å². The van der Waals surface area contributed by atoms with Gasteiger partial charge in [-0.05, 0) is 36.2 Å². The molecule has 2 N–H and O–H groups in total. The number of allylic oxidation sites excluding steroid dienone is 1. The minimum atomic E-state index is -4.46. The first-order valence-corrected chi connectivity index (χ1v) is 8.29. The van der Waals surface area contributed by atoms with Crippen molar-refractivity contribution >= 4 is 17.3 Å². The monoisotopic (exact) mass is 385 g/mol. The predicted molar refractivity (Wildman–Crippen MR) is 96.8 cm³/mol. The molecule has 7 heteroatoms. The molecule has 0 bridgehead atoms. The lowest BCUT2D eigenvalue weighted by molar-refractivity contribution is -0.137. The predicted octanol–water partition coefficient (Wildman–Crippen LogP) is 4.94. The zero-order chi connectivity index (χ0) is 19.2. The molecule has 0 saturated carbocycles. The van der Waals surface area contributed by atoms with Gasteiger partial charge in [0.2, 0.25) is 0 Å². The molecule has 2 aromatic carbocycles. The molecule has 2 aromatic rings. The smallest absolute Gasteiger partial charge is 0.416 e. The summed E-state index contributed by atoms with van der Waals surface area (Å²) in [6.07, 6.45) is -3.02. The fourth-order valence-electron chi connectivity index (χ4n) is 2.28. The molecule has 0 aliphatic rings. The number of aliphatic hydroxyl groups excluding tert-OH is 1. The largest absolute Gasteiger partial charge is 0.491 e. The molecule has 1 unspecified atom stereocenters. The van der Waals surface area contributed by atoms with Crippen LogP contribution < -0.4 is 10.1 Å². The van der Waals surface area contributed by atoms with Crippen LogP contribution in [0.4, 0.5) is 18.9 Å². The third kappa shape index (κ3) is 5.68. The topological polar surface area (TPSA) is 41.5 Å². The number of ether oxygens (including phenoxy) is 1. The molecule has 0 amide bonds. The fraction of sp³-hybridized carbons (Fsp3) is 0.263. The fourth-order valence-corrected chi connectivity index (χ4v) is 2.46. The van der Waals surface area contributed by atoms with Crippen molar-refractivity contribution in [1.82, 2.24) is 0 Å². The molecule has 140 valence electrons. The van der Waals surface area contributed by atoms with E-state index >= 15 is 0 Å². The van der Waals surface area contributed by atoms with Crippen molar-refractivity contribution in [2.75, 3.05) is 18.5 Å². The van der Waals surface area contributed by atoms with E-state index in [1.54, 1.807) is 12.1 Å². The summed E-state index contributed by atoms with van der Waals surface area (Å²) in [6, 6.07) is 10.3. The molecule has 1 atom stereocenters. The van der Waals surface area contributed by atoms with Gasteiger partial charge in [0.05, 0.1) is 16.3 Å². The summed E-state index contributed by atoms with van der Waals surface area (Å²) in [5, 5.41) is 12.9. The first kappa shape index (κ1) is 20.1. The van der Waals surface area contributed by atoms with Crippen LogP contribution in [0.2, 0.25) is 5.02 Å². The van der Waals surface area contributed by atoms with Crippen LogP contribution in [0.15, 0.2) is 55.1 Å². The highest BCUT2D eigenvalue weighted by Crippen LogP contribution is 2.33. The van der Waals surface area contributed by atoms with Crippen molar-refractivity contribution in [3.8, 4) is 5.75 Å². The Morgan fingerprint density at radius 2 is 1.96 bits per heavy atom. The second kappa shape index (κ2) is 8.96. The number of aliphatic hydroxyl groups is 1. The van der Waals surface area contributed by atoms with Crippen molar-refractivity contribution in [3.05, 3.63) is 71.3 Å². The van der Waals surface area contributed by atoms with Crippen molar-refractivity contribution in [3.63, 3.8) is 0 Å². The van der Waals surface area contributed by atoms with Gasteiger partial charge in [0.15, 0.2) is 0 Å². The van der Waals surface area contributed by atoms with Gasteiger partial charge in [-0.2, -0.15) is 13.2 Å². The third-order valence-electron chi connectivity index (χ3n) is 3.59. The van der Waals surface area contributed by atoms with Crippen LogP contribution in [0.3, 0.4) is 0 Å². The summed E-state index contributed by atoms with van der Waals surface area (Å²) in [6.45, 7) is 3.65. The van der Waals surface area contributed by atoms with Gasteiger partial charge < -0.3 is 15.2 Å². The van der Waals surface area contributed by atoms with Crippen LogP contribution in [0.5, 0.6) is 5.75 Å². The number of nitrogens with one attached hydrogen (secondary N) is 1. The van der Waals surface area contributed by atoms with Crippen LogP contribution in [-0.4, -0.2) is 24.4 Å². The van der Waals surface area contributed by atoms with Gasteiger partial charge in [-0.25, -0.2) is 0 Å². The van der Waals surface area contributed by atoms with Crippen LogP contribution in [0, 0.1) is 0 Å². The van der Waals surface area contributed by atoms with E-state index in [-0.39, 0.29) is 23.9 Å². The molecule has 0 spiro atoms. The molecule has 0 saturated heterocycles. The van der Waals surface area contributed by atoms with Gasteiger partial charge >= 0.3 is 6.18 Å². The Hall–Kier alpha value is -2.18. The van der Waals surface area contributed by atoms with E-state index in [9.17, 15) is 18.3 Å². The van der Waals surface area contributed by atoms with Crippen molar-refractivity contribution < 1.29 is 23.0 Å². The summed E-state index contributed by atoms with van der Waals surface area (Å²) >= 11 is 5.91. The lowest BCUT2D eigenvalue weighted by atomic mass is 10.1. The highest BCUT2D eigenvalue weighted by Gasteiger charge is 2.31. The van der Waals surface area contributed by atoms with E-state index in [1.807, 2.05) is 18.2 Å². The highest BCUT2D eigenvalue weighted by atomic mass is 35.5. The quantitative estimate of drug-likeness (QED) is 0.632. The number of para-hydroxylation sites is 1. The van der Waals surface area contributed by atoms with Gasteiger partial charge in [-0.15, -0.1) is 6.58 Å². The maximum atomic E-state index is 12.8. The van der Waals surface area contributed by atoms with Crippen molar-refractivity contribution in [1.29, 1.82) is 0 Å². The summed E-state index contributed by atoms with van der Waals surface area (Å²) in [7, 11) is 0. The summed E-state index contributed by atoms with van der Waals surface area (Å²) in [5.41, 5.74) is 0.227. The highest BCUT2D eigenvalue weighted by molar-refractivity contribution is 6.33. The maximum Gasteiger partial charge on any atom is 0.416 e. The van der Waals surface area contributed by atoms with Crippen LogP contribution in [-0.2, 0) is 12.6 Å². The first-order chi connectivity index (χ1) is 12.3. The molecule has 0 aromatic heterocycles. The van der Waals surface area contributed by atoms with Gasteiger partial charge in [0.25, 0.3) is 0 Å². The standard InChI is InChI=1S/C19H19ClF3NO2/c1-2-5-13-6-3-4-7-18(13)26-12-15(25)11-24-17-10-14(19(21,22)23)8-9-16(17)20/h2-4,6-10,15,24-25H,1,5,11-12H2. The number of hydrogen-bond acceptors (Lipinski definition) is 3. The van der Waals surface area contributed by atoms with Crippen LogP contribution in [0.1, 0.15) is 11.1 Å². The second-order valence-electron chi connectivity index (χ2n) is 5.64. The van der Waals surface area contributed by atoms with Crippen molar-refractivity contribution in [2.45, 2.75) is 18.7 Å². The van der Waals surface area contributed by atoms with E-state index in [2.05, 4.69) is 11.9 Å². The lowest BCUT2D eigenvalue weighted by Gasteiger charge is -2.17. The number of anilines is 1.